The van der Waals surface area contributed by atoms with Crippen molar-refractivity contribution in [3.63, 3.8) is 0 Å². The van der Waals surface area contributed by atoms with Gasteiger partial charge in [0.2, 0.25) is 0 Å². The van der Waals surface area contributed by atoms with E-state index < -0.39 is 0 Å². The highest BCUT2D eigenvalue weighted by atomic mass is 19.1. The highest BCUT2D eigenvalue weighted by molar-refractivity contribution is 5.96. The van der Waals surface area contributed by atoms with Gasteiger partial charge in [0.05, 0.1) is 28.4 Å². The third-order valence-corrected chi connectivity index (χ3v) is 7.73. The standard InChI is InChI=1S/C33H33FN8O2/c1-42(2)12-13-43-24-15-20(14-22(34)17-24)26-4-3-5-28-30(26)39-33(38-28)32-31-29(40-41-32)7-6-27(37-31)21-16-25(19-36-18-21)44-23-8-10-35-11-9-23/h3-7,14-19,23,35H,8-13H2,1-2H3,(H,38,39)(H,40,41). The SMILES string of the molecule is CN(C)CCOc1cc(F)cc(-c2cccc3[nH]c(-c4n[nH]c5ccc(-c6cncc(OC7CCNCC7)c6)nc45)nc23)c1. The number of pyridine rings is 2. The van der Waals surface area contributed by atoms with E-state index in [1.54, 1.807) is 12.4 Å². The first-order valence-electron chi connectivity index (χ1n) is 14.8. The zero-order chi connectivity index (χ0) is 30.0. The minimum absolute atomic E-state index is 0.178. The fourth-order valence-corrected chi connectivity index (χ4v) is 5.48. The smallest absolute Gasteiger partial charge is 0.161 e. The molecule has 11 heteroatoms. The first kappa shape index (κ1) is 27.9. The van der Waals surface area contributed by atoms with Crippen LogP contribution < -0.4 is 14.8 Å². The maximum Gasteiger partial charge on any atom is 0.161 e. The number of benzene rings is 2. The summed E-state index contributed by atoms with van der Waals surface area (Å²) >= 11 is 0. The van der Waals surface area contributed by atoms with Crippen LogP contribution in [0, 0.1) is 5.82 Å². The van der Waals surface area contributed by atoms with Gasteiger partial charge in [0.25, 0.3) is 0 Å². The number of imidazole rings is 1. The monoisotopic (exact) mass is 592 g/mol. The van der Waals surface area contributed by atoms with Crippen LogP contribution in [0.1, 0.15) is 12.8 Å². The summed E-state index contributed by atoms with van der Waals surface area (Å²) < 4.78 is 26.7. The summed E-state index contributed by atoms with van der Waals surface area (Å²) in [4.78, 5) is 19.7. The van der Waals surface area contributed by atoms with Crippen molar-refractivity contribution in [1.82, 2.24) is 40.3 Å². The number of piperidine rings is 1. The molecule has 1 aliphatic rings. The van der Waals surface area contributed by atoms with Crippen molar-refractivity contribution < 1.29 is 13.9 Å². The van der Waals surface area contributed by atoms with Crippen LogP contribution in [0.5, 0.6) is 11.5 Å². The molecule has 0 amide bonds. The molecule has 0 radical (unpaired) electrons. The molecule has 1 aliphatic heterocycles. The van der Waals surface area contributed by atoms with Crippen LogP contribution in [-0.2, 0) is 0 Å². The number of ether oxygens (including phenoxy) is 2. The Bertz CT molecular complexity index is 1930. The van der Waals surface area contributed by atoms with E-state index in [4.69, 9.17) is 19.4 Å². The number of nitrogens with one attached hydrogen (secondary N) is 3. The van der Waals surface area contributed by atoms with E-state index in [1.165, 1.54) is 12.1 Å². The summed E-state index contributed by atoms with van der Waals surface area (Å²) in [6.07, 6.45) is 5.65. The maximum atomic E-state index is 14.7. The third kappa shape index (κ3) is 5.84. The number of aromatic amines is 2. The number of halogens is 1. The third-order valence-electron chi connectivity index (χ3n) is 7.73. The van der Waals surface area contributed by atoms with Crippen molar-refractivity contribution in [2.24, 2.45) is 0 Å². The van der Waals surface area contributed by atoms with E-state index >= 15 is 0 Å². The molecular weight excluding hydrogens is 559 g/mol. The average molecular weight is 593 g/mol. The van der Waals surface area contributed by atoms with Gasteiger partial charge in [-0.1, -0.05) is 12.1 Å². The molecule has 10 nitrogen and oxygen atoms in total. The van der Waals surface area contributed by atoms with Crippen molar-refractivity contribution in [1.29, 1.82) is 0 Å². The highest BCUT2D eigenvalue weighted by Gasteiger charge is 2.19. The molecule has 0 unspecified atom stereocenters. The largest absolute Gasteiger partial charge is 0.492 e. The number of hydrogen-bond acceptors (Lipinski definition) is 8. The molecule has 6 aromatic rings. The van der Waals surface area contributed by atoms with E-state index in [-0.39, 0.29) is 11.9 Å². The molecule has 0 saturated carbocycles. The van der Waals surface area contributed by atoms with E-state index in [1.807, 2.05) is 61.5 Å². The number of para-hydroxylation sites is 1. The summed E-state index contributed by atoms with van der Waals surface area (Å²) in [5.74, 6) is 1.40. The van der Waals surface area contributed by atoms with Gasteiger partial charge in [-0.3, -0.25) is 10.1 Å². The Morgan fingerprint density at radius 2 is 1.77 bits per heavy atom. The molecule has 44 heavy (non-hydrogen) atoms. The Morgan fingerprint density at radius 1 is 0.909 bits per heavy atom. The Morgan fingerprint density at radius 3 is 2.64 bits per heavy atom. The molecular formula is C33H33FN8O2. The van der Waals surface area contributed by atoms with E-state index in [0.717, 1.165) is 66.1 Å². The first-order chi connectivity index (χ1) is 21.5. The van der Waals surface area contributed by atoms with Crippen molar-refractivity contribution in [2.45, 2.75) is 18.9 Å². The van der Waals surface area contributed by atoms with Gasteiger partial charge in [-0.2, -0.15) is 5.10 Å². The second-order valence-electron chi connectivity index (χ2n) is 11.3. The predicted molar refractivity (Wildman–Crippen MR) is 168 cm³/mol. The summed E-state index contributed by atoms with van der Waals surface area (Å²) in [6.45, 7) is 3.10. The molecule has 7 rings (SSSR count). The zero-order valence-corrected chi connectivity index (χ0v) is 24.6. The topological polar surface area (TPSA) is 117 Å². The van der Waals surface area contributed by atoms with Gasteiger partial charge in [-0.25, -0.2) is 14.4 Å². The van der Waals surface area contributed by atoms with Crippen LogP contribution in [0.4, 0.5) is 4.39 Å². The Balaban J connectivity index is 1.21. The molecule has 224 valence electrons. The summed E-state index contributed by atoms with van der Waals surface area (Å²) in [5.41, 5.74) is 6.62. The lowest BCUT2D eigenvalue weighted by Crippen LogP contribution is -2.34. The number of fused-ring (bicyclic) bond motifs is 2. The molecule has 2 aromatic carbocycles. The lowest BCUT2D eigenvalue weighted by atomic mass is 10.0. The molecule has 1 fully saturated rings. The zero-order valence-electron chi connectivity index (χ0n) is 24.6. The summed E-state index contributed by atoms with van der Waals surface area (Å²) in [5, 5.41) is 11.0. The van der Waals surface area contributed by atoms with Crippen LogP contribution in [0.3, 0.4) is 0 Å². The maximum absolute atomic E-state index is 14.7. The number of nitrogens with zero attached hydrogens (tertiary/aromatic N) is 5. The van der Waals surface area contributed by atoms with Crippen molar-refractivity contribution >= 4 is 22.1 Å². The van der Waals surface area contributed by atoms with Gasteiger partial charge in [0.15, 0.2) is 11.5 Å². The normalized spacial score (nSPS) is 14.1. The second-order valence-corrected chi connectivity index (χ2v) is 11.3. The van der Waals surface area contributed by atoms with Gasteiger partial charge in [0.1, 0.15) is 35.5 Å². The minimum Gasteiger partial charge on any atom is -0.492 e. The Labute approximate surface area is 253 Å². The molecule has 0 bridgehead atoms. The molecule has 3 N–H and O–H groups in total. The van der Waals surface area contributed by atoms with Crippen LogP contribution in [-0.4, -0.2) is 81.5 Å². The van der Waals surface area contributed by atoms with E-state index in [2.05, 4.69) is 25.5 Å². The van der Waals surface area contributed by atoms with Gasteiger partial charge in [0, 0.05) is 29.9 Å². The number of aromatic nitrogens is 6. The molecule has 1 saturated heterocycles. The summed E-state index contributed by atoms with van der Waals surface area (Å²) in [7, 11) is 3.94. The van der Waals surface area contributed by atoms with Crippen molar-refractivity contribution in [2.75, 3.05) is 40.3 Å². The van der Waals surface area contributed by atoms with Crippen molar-refractivity contribution in [3.8, 4) is 45.4 Å². The number of hydrogen-bond donors (Lipinski definition) is 3. The van der Waals surface area contributed by atoms with Gasteiger partial charge in [-0.15, -0.1) is 0 Å². The second kappa shape index (κ2) is 12.0. The fourth-order valence-electron chi connectivity index (χ4n) is 5.48. The quantitative estimate of drug-likeness (QED) is 0.203. The average Bonchev–Trinajstić information content (AvgIpc) is 3.65. The van der Waals surface area contributed by atoms with Crippen LogP contribution in [0.25, 0.3) is 56.0 Å². The number of likely N-dealkylation sites (N-methyl/N-ethyl adjacent to an activating group) is 1. The lowest BCUT2D eigenvalue weighted by molar-refractivity contribution is 0.162. The minimum atomic E-state index is -0.371. The molecule has 4 aromatic heterocycles. The Hall–Kier alpha value is -4.87. The van der Waals surface area contributed by atoms with Gasteiger partial charge in [-0.05, 0) is 82.0 Å². The molecule has 0 atom stereocenters. The highest BCUT2D eigenvalue weighted by Crippen LogP contribution is 2.34. The first-order valence-corrected chi connectivity index (χ1v) is 14.8. The van der Waals surface area contributed by atoms with Crippen molar-refractivity contribution in [3.05, 3.63) is 72.8 Å². The fraction of sp³-hybridized carbons (Fsp3) is 0.273. The van der Waals surface area contributed by atoms with Crippen LogP contribution in [0.15, 0.2) is 67.0 Å². The lowest BCUT2D eigenvalue weighted by Gasteiger charge is -2.23. The van der Waals surface area contributed by atoms with Crippen LogP contribution in [0.2, 0.25) is 0 Å². The number of rotatable bonds is 9. The van der Waals surface area contributed by atoms with E-state index in [0.29, 0.717) is 40.5 Å². The molecule has 0 aliphatic carbocycles. The summed E-state index contributed by atoms with van der Waals surface area (Å²) in [6, 6.07) is 16.4. The molecule has 5 heterocycles. The Kier molecular flexibility index (Phi) is 7.63. The van der Waals surface area contributed by atoms with Gasteiger partial charge < -0.3 is 24.7 Å². The molecule has 0 spiro atoms. The van der Waals surface area contributed by atoms with Gasteiger partial charge >= 0.3 is 0 Å². The van der Waals surface area contributed by atoms with E-state index in [9.17, 15) is 4.39 Å². The van der Waals surface area contributed by atoms with Crippen LogP contribution >= 0.6 is 0 Å². The number of H-pyrrole nitrogens is 2. The predicted octanol–water partition coefficient (Wildman–Crippen LogP) is 5.44.